The van der Waals surface area contributed by atoms with Gasteiger partial charge in [-0.3, -0.25) is 4.79 Å². The van der Waals surface area contributed by atoms with E-state index in [4.69, 9.17) is 4.74 Å². The van der Waals surface area contributed by atoms with Gasteiger partial charge in [0.2, 0.25) is 0 Å². The van der Waals surface area contributed by atoms with Crippen molar-refractivity contribution in [3.63, 3.8) is 0 Å². The number of ether oxygens (including phenoxy) is 1. The third kappa shape index (κ3) is 4.45. The zero-order valence-electron chi connectivity index (χ0n) is 16.3. The molecule has 1 fully saturated rings. The van der Waals surface area contributed by atoms with E-state index in [1.54, 1.807) is 41.7 Å². The van der Waals surface area contributed by atoms with E-state index in [1.807, 2.05) is 6.92 Å². The highest BCUT2D eigenvalue weighted by Crippen LogP contribution is 2.23. The van der Waals surface area contributed by atoms with Crippen molar-refractivity contribution in [3.8, 4) is 17.1 Å². The predicted octanol–water partition coefficient (Wildman–Crippen LogP) is 3.86. The minimum Gasteiger partial charge on any atom is -0.458 e. The fourth-order valence-corrected chi connectivity index (χ4v) is 3.45. The summed E-state index contributed by atoms with van der Waals surface area (Å²) in [6, 6.07) is 8.35. The zero-order valence-corrected chi connectivity index (χ0v) is 16.3. The highest BCUT2D eigenvalue weighted by molar-refractivity contribution is 5.94. The molecule has 2 aromatic heterocycles. The average Bonchev–Trinajstić information content (AvgIpc) is 3.25. The van der Waals surface area contributed by atoms with Crippen LogP contribution in [0.25, 0.3) is 11.1 Å². The first kappa shape index (κ1) is 19.1. The Bertz CT molecular complexity index is 969. The van der Waals surface area contributed by atoms with E-state index in [0.717, 1.165) is 36.0 Å². The number of nitrogens with zero attached hydrogens (tertiary/aromatic N) is 3. The van der Waals surface area contributed by atoms with E-state index in [0.29, 0.717) is 24.8 Å². The highest BCUT2D eigenvalue weighted by atomic mass is 19.1. The topological polar surface area (TPSA) is 71.1 Å². The van der Waals surface area contributed by atoms with Gasteiger partial charge in [-0.1, -0.05) is 19.1 Å². The van der Waals surface area contributed by atoms with Crippen LogP contribution in [0.5, 0.6) is 6.01 Å². The number of hydrogen-bond donors (Lipinski definition) is 1. The van der Waals surface area contributed by atoms with E-state index in [1.165, 1.54) is 12.1 Å². The molecule has 1 aliphatic heterocycles. The fraction of sp³-hybridized carbons (Fsp3) is 0.318. The van der Waals surface area contributed by atoms with Crippen LogP contribution < -0.4 is 4.74 Å². The Balaban J connectivity index is 1.41. The molecule has 29 heavy (non-hydrogen) atoms. The van der Waals surface area contributed by atoms with Crippen molar-refractivity contribution >= 4 is 5.91 Å². The van der Waals surface area contributed by atoms with Gasteiger partial charge in [0.05, 0.1) is 6.54 Å². The first-order valence-electron chi connectivity index (χ1n) is 9.83. The van der Waals surface area contributed by atoms with Crippen molar-refractivity contribution in [1.82, 2.24) is 19.9 Å². The number of aryl methyl sites for hydroxylation is 1. The lowest BCUT2D eigenvalue weighted by Crippen LogP contribution is -2.44. The second kappa shape index (κ2) is 8.43. The Morgan fingerprint density at radius 3 is 2.72 bits per heavy atom. The van der Waals surface area contributed by atoms with E-state index < -0.39 is 0 Å². The zero-order chi connectivity index (χ0) is 20.2. The summed E-state index contributed by atoms with van der Waals surface area (Å²) < 4.78 is 19.0. The van der Waals surface area contributed by atoms with Gasteiger partial charge in [-0.05, 0) is 54.2 Å². The highest BCUT2D eigenvalue weighted by Gasteiger charge is 2.27. The molecule has 1 saturated heterocycles. The first-order chi connectivity index (χ1) is 14.1. The first-order valence-corrected chi connectivity index (χ1v) is 9.83. The molecule has 0 bridgehead atoms. The number of likely N-dealkylation sites (tertiary alicyclic amines) is 1. The van der Waals surface area contributed by atoms with Gasteiger partial charge in [-0.25, -0.2) is 14.4 Å². The van der Waals surface area contributed by atoms with Crippen LogP contribution in [0.3, 0.4) is 0 Å². The van der Waals surface area contributed by atoms with Crippen LogP contribution in [-0.2, 0) is 6.42 Å². The maximum absolute atomic E-state index is 13.1. The Morgan fingerprint density at radius 1 is 1.24 bits per heavy atom. The Kier molecular flexibility index (Phi) is 5.55. The van der Waals surface area contributed by atoms with Gasteiger partial charge in [-0.15, -0.1) is 0 Å². The van der Waals surface area contributed by atoms with Gasteiger partial charge in [0.1, 0.15) is 17.6 Å². The second-order valence-electron chi connectivity index (χ2n) is 7.17. The molecule has 0 aliphatic carbocycles. The van der Waals surface area contributed by atoms with Gasteiger partial charge < -0.3 is 14.6 Å². The molecule has 3 aromatic rings. The largest absolute Gasteiger partial charge is 0.458 e. The molecule has 1 aromatic carbocycles. The SMILES string of the molecule is CCc1cnc(OC2CCCN(C(=O)c3cc(-c4ccc(F)cc4)c[nH]3)C2)nc1. The molecule has 0 spiro atoms. The number of piperidine rings is 1. The van der Waals surface area contributed by atoms with Crippen LogP contribution in [0, 0.1) is 5.82 Å². The third-order valence-electron chi connectivity index (χ3n) is 5.12. The number of nitrogens with one attached hydrogen (secondary N) is 1. The molecule has 0 saturated carbocycles. The maximum atomic E-state index is 13.1. The molecule has 6 nitrogen and oxygen atoms in total. The van der Waals surface area contributed by atoms with Crippen LogP contribution in [0.15, 0.2) is 48.9 Å². The molecule has 4 rings (SSSR count). The summed E-state index contributed by atoms with van der Waals surface area (Å²) in [5.41, 5.74) is 3.27. The van der Waals surface area contributed by atoms with Gasteiger partial charge in [0.15, 0.2) is 0 Å². The minimum absolute atomic E-state index is 0.0751. The number of halogens is 1. The number of carbonyl (C=O) groups excluding carboxylic acids is 1. The molecular formula is C22H23FN4O2. The number of carbonyl (C=O) groups is 1. The molecule has 1 aliphatic rings. The lowest BCUT2D eigenvalue weighted by molar-refractivity contribution is 0.0511. The predicted molar refractivity (Wildman–Crippen MR) is 107 cm³/mol. The summed E-state index contributed by atoms with van der Waals surface area (Å²) in [5.74, 6) is -0.359. The van der Waals surface area contributed by atoms with Gasteiger partial charge >= 0.3 is 6.01 Å². The molecule has 7 heteroatoms. The maximum Gasteiger partial charge on any atom is 0.316 e. The fourth-order valence-electron chi connectivity index (χ4n) is 3.45. The molecule has 0 radical (unpaired) electrons. The molecule has 1 unspecified atom stereocenters. The van der Waals surface area contributed by atoms with E-state index in [9.17, 15) is 9.18 Å². The monoisotopic (exact) mass is 394 g/mol. The van der Waals surface area contributed by atoms with Crippen molar-refractivity contribution in [1.29, 1.82) is 0 Å². The van der Waals surface area contributed by atoms with Crippen LogP contribution >= 0.6 is 0 Å². The Morgan fingerprint density at radius 2 is 2.00 bits per heavy atom. The van der Waals surface area contributed by atoms with Gasteiger partial charge in [0, 0.05) is 25.1 Å². The summed E-state index contributed by atoms with van der Waals surface area (Å²) in [5, 5.41) is 0. The summed E-state index contributed by atoms with van der Waals surface area (Å²) in [6.07, 6.45) is 7.76. The summed E-state index contributed by atoms with van der Waals surface area (Å²) in [6.45, 7) is 3.22. The smallest absolute Gasteiger partial charge is 0.316 e. The summed E-state index contributed by atoms with van der Waals surface area (Å²) in [7, 11) is 0. The molecule has 1 atom stereocenters. The second-order valence-corrected chi connectivity index (χ2v) is 7.17. The molecular weight excluding hydrogens is 371 g/mol. The number of aromatic nitrogens is 3. The number of rotatable bonds is 5. The summed E-state index contributed by atoms with van der Waals surface area (Å²) >= 11 is 0. The number of benzene rings is 1. The van der Waals surface area contributed by atoms with Crippen molar-refractivity contribution < 1.29 is 13.9 Å². The Hall–Kier alpha value is -3.22. The Labute approximate surface area is 168 Å². The third-order valence-corrected chi connectivity index (χ3v) is 5.12. The van der Waals surface area contributed by atoms with E-state index >= 15 is 0 Å². The van der Waals surface area contributed by atoms with Crippen molar-refractivity contribution in [2.24, 2.45) is 0 Å². The average molecular weight is 394 g/mol. The van der Waals surface area contributed by atoms with E-state index in [2.05, 4.69) is 15.0 Å². The van der Waals surface area contributed by atoms with Gasteiger partial charge in [0.25, 0.3) is 5.91 Å². The standard InChI is InChI=1S/C22H23FN4O2/c1-2-15-11-25-22(26-12-15)29-19-4-3-9-27(14-19)21(28)20-10-17(13-24-20)16-5-7-18(23)8-6-16/h5-8,10-13,19,24H,2-4,9,14H2,1H3. The van der Waals surface area contributed by atoms with Gasteiger partial charge in [-0.2, -0.15) is 0 Å². The van der Waals surface area contributed by atoms with Crippen LogP contribution in [-0.4, -0.2) is 45.0 Å². The quantitative estimate of drug-likeness (QED) is 0.713. The van der Waals surface area contributed by atoms with Crippen molar-refractivity contribution in [3.05, 3.63) is 66.0 Å². The van der Waals surface area contributed by atoms with Crippen molar-refractivity contribution in [2.45, 2.75) is 32.3 Å². The van der Waals surface area contributed by atoms with Crippen LogP contribution in [0.2, 0.25) is 0 Å². The number of H-pyrrole nitrogens is 1. The lowest BCUT2D eigenvalue weighted by Gasteiger charge is -2.32. The van der Waals surface area contributed by atoms with Crippen molar-refractivity contribution in [2.75, 3.05) is 13.1 Å². The number of aromatic amines is 1. The molecule has 1 N–H and O–H groups in total. The number of hydrogen-bond acceptors (Lipinski definition) is 4. The minimum atomic E-state index is -0.284. The lowest BCUT2D eigenvalue weighted by atomic mass is 10.1. The number of amides is 1. The van der Waals surface area contributed by atoms with E-state index in [-0.39, 0.29) is 17.8 Å². The molecule has 1 amide bonds. The molecule has 150 valence electrons. The normalized spacial score (nSPS) is 16.6. The molecule has 3 heterocycles. The van der Waals surface area contributed by atoms with Crippen LogP contribution in [0.1, 0.15) is 35.8 Å². The van der Waals surface area contributed by atoms with Crippen LogP contribution in [0.4, 0.5) is 4.39 Å². The summed E-state index contributed by atoms with van der Waals surface area (Å²) in [4.78, 5) is 26.2.